The predicted molar refractivity (Wildman–Crippen MR) is 60.7 cm³/mol. The van der Waals surface area contributed by atoms with Crippen LogP contribution in [-0.4, -0.2) is 22.2 Å². The van der Waals surface area contributed by atoms with Crippen LogP contribution in [0.15, 0.2) is 12.1 Å². The number of anilines is 1. The molecule has 1 aromatic rings. The second kappa shape index (κ2) is 4.34. The zero-order valence-corrected chi connectivity index (χ0v) is 9.49. The third kappa shape index (κ3) is 2.89. The van der Waals surface area contributed by atoms with Crippen molar-refractivity contribution >= 4 is 37.3 Å². The maximum Gasteiger partial charge on any atom is 0.508 e. The molecule has 13 heavy (non-hydrogen) atoms. The molecule has 0 radical (unpaired) electrons. The molecule has 0 spiro atoms. The lowest BCUT2D eigenvalue weighted by Gasteiger charge is -2.12. The normalized spacial score (nSPS) is 9.92. The van der Waals surface area contributed by atoms with E-state index in [9.17, 15) is 0 Å². The molecule has 0 aromatic carbocycles. The molecule has 0 aliphatic rings. The minimum atomic E-state index is -1.52. The van der Waals surface area contributed by atoms with Gasteiger partial charge in [0.15, 0.2) is 0 Å². The van der Waals surface area contributed by atoms with Gasteiger partial charge in [0, 0.05) is 0 Å². The highest BCUT2D eigenvalue weighted by Crippen LogP contribution is 2.19. The molecule has 70 valence electrons. The molecule has 0 aliphatic heterocycles. The van der Waals surface area contributed by atoms with E-state index >= 15 is 0 Å². The molecule has 0 amide bonds. The average molecular weight is 216 g/mol. The maximum absolute atomic E-state index is 8.92. The van der Waals surface area contributed by atoms with Gasteiger partial charge in [0.2, 0.25) is 0 Å². The van der Waals surface area contributed by atoms with Gasteiger partial charge in [0.1, 0.15) is 5.82 Å². The van der Waals surface area contributed by atoms with E-state index in [0.717, 1.165) is 5.56 Å². The Bertz CT molecular complexity index is 282. The van der Waals surface area contributed by atoms with Crippen LogP contribution in [0.25, 0.3) is 0 Å². The van der Waals surface area contributed by atoms with E-state index in [1.54, 1.807) is 10.5 Å². The van der Waals surface area contributed by atoms with Gasteiger partial charge in [-0.2, -0.15) is 0 Å². The topological polar surface area (TPSA) is 56.6 Å². The van der Waals surface area contributed by atoms with Gasteiger partial charge >= 0.3 is 7.12 Å². The standard InChI is InChI=1S/C6H11BN2O2P2/c1-4-2-5(7(10)11)8-6(3-4)9(12)13/h2-3,10-11H,12-13H2,1H3. The van der Waals surface area contributed by atoms with E-state index in [2.05, 4.69) is 23.8 Å². The van der Waals surface area contributed by atoms with Gasteiger partial charge in [-0.05, 0) is 43.4 Å². The van der Waals surface area contributed by atoms with Crippen molar-refractivity contribution in [3.05, 3.63) is 17.7 Å². The van der Waals surface area contributed by atoms with Crippen LogP contribution in [-0.2, 0) is 0 Å². The van der Waals surface area contributed by atoms with Crippen molar-refractivity contribution in [3.8, 4) is 0 Å². The number of hydrogen-bond donors (Lipinski definition) is 2. The van der Waals surface area contributed by atoms with Crippen LogP contribution in [0.2, 0.25) is 0 Å². The fraction of sp³-hybridized carbons (Fsp3) is 0.167. The Morgan fingerprint density at radius 2 is 2.00 bits per heavy atom. The van der Waals surface area contributed by atoms with Gasteiger partial charge in [0.25, 0.3) is 0 Å². The highest BCUT2D eigenvalue weighted by Gasteiger charge is 2.14. The molecule has 2 atom stereocenters. The quantitative estimate of drug-likeness (QED) is 0.514. The fourth-order valence-electron chi connectivity index (χ4n) is 0.940. The first-order valence-electron chi connectivity index (χ1n) is 3.65. The molecule has 2 N–H and O–H groups in total. The second-order valence-electron chi connectivity index (χ2n) is 2.71. The van der Waals surface area contributed by atoms with E-state index in [-0.39, 0.29) is 5.59 Å². The first kappa shape index (κ1) is 10.9. The number of pyridine rings is 1. The predicted octanol–water partition coefficient (Wildman–Crippen LogP) is -0.544. The zero-order chi connectivity index (χ0) is 10.0. The molecule has 0 saturated heterocycles. The van der Waals surface area contributed by atoms with E-state index in [4.69, 9.17) is 10.0 Å². The van der Waals surface area contributed by atoms with Crippen LogP contribution in [0.4, 0.5) is 5.82 Å². The largest absolute Gasteiger partial charge is 0.508 e. The average Bonchev–Trinajstić information content (AvgIpc) is 2.03. The summed E-state index contributed by atoms with van der Waals surface area (Å²) in [5.74, 6) is 0.651. The van der Waals surface area contributed by atoms with Crippen molar-refractivity contribution in [1.82, 2.24) is 4.98 Å². The lowest BCUT2D eigenvalue weighted by Crippen LogP contribution is -2.33. The summed E-state index contributed by atoms with van der Waals surface area (Å²) >= 11 is 0. The summed E-state index contributed by atoms with van der Waals surface area (Å²) in [6.07, 6.45) is 0. The van der Waals surface area contributed by atoms with Crippen molar-refractivity contribution in [1.29, 1.82) is 0 Å². The molecule has 0 aliphatic carbocycles. The van der Waals surface area contributed by atoms with E-state index in [0.29, 0.717) is 5.82 Å². The van der Waals surface area contributed by atoms with Crippen LogP contribution < -0.4 is 10.0 Å². The fourth-order valence-corrected chi connectivity index (χ4v) is 1.20. The zero-order valence-electron chi connectivity index (χ0n) is 7.18. The SMILES string of the molecule is Cc1cc(B(O)O)nc(N(P)P)c1. The van der Waals surface area contributed by atoms with Crippen molar-refractivity contribution in [2.45, 2.75) is 6.92 Å². The molecule has 1 rings (SSSR count). The van der Waals surface area contributed by atoms with Crippen LogP contribution in [0, 0.1) is 6.92 Å². The summed E-state index contributed by atoms with van der Waals surface area (Å²) in [7, 11) is 3.32. The Balaban J connectivity index is 3.11. The first-order chi connectivity index (χ1) is 6.00. The van der Waals surface area contributed by atoms with Gasteiger partial charge in [-0.3, -0.25) is 0 Å². The summed E-state index contributed by atoms with van der Waals surface area (Å²) in [4.78, 5) is 4.02. The van der Waals surface area contributed by atoms with Crippen molar-refractivity contribution < 1.29 is 10.0 Å². The third-order valence-corrected chi connectivity index (χ3v) is 2.03. The molecule has 0 saturated carbocycles. The molecule has 0 bridgehead atoms. The Morgan fingerprint density at radius 1 is 1.38 bits per heavy atom. The molecule has 2 unspecified atom stereocenters. The number of rotatable bonds is 2. The van der Waals surface area contributed by atoms with Crippen molar-refractivity contribution in [2.24, 2.45) is 0 Å². The molecule has 4 nitrogen and oxygen atoms in total. The van der Waals surface area contributed by atoms with E-state index in [1.165, 1.54) is 0 Å². The Kier molecular flexibility index (Phi) is 3.63. The van der Waals surface area contributed by atoms with Gasteiger partial charge < -0.3 is 14.5 Å². The van der Waals surface area contributed by atoms with E-state index < -0.39 is 7.12 Å². The highest BCUT2D eigenvalue weighted by molar-refractivity contribution is 7.39. The van der Waals surface area contributed by atoms with Gasteiger partial charge in [-0.15, -0.1) is 0 Å². The third-order valence-electron chi connectivity index (χ3n) is 1.51. The summed E-state index contributed by atoms with van der Waals surface area (Å²) in [5.41, 5.74) is 1.19. The first-order valence-corrected chi connectivity index (χ1v) is 4.68. The lowest BCUT2D eigenvalue weighted by molar-refractivity contribution is 0.424. The van der Waals surface area contributed by atoms with Crippen LogP contribution in [0.1, 0.15) is 5.56 Å². The molecule has 7 heteroatoms. The molecular formula is C6H11BN2O2P2. The highest BCUT2D eigenvalue weighted by atomic mass is 31.1. The summed E-state index contributed by atoms with van der Waals surface area (Å²) < 4.78 is 1.65. The maximum atomic E-state index is 8.92. The van der Waals surface area contributed by atoms with Crippen LogP contribution in [0.3, 0.4) is 0 Å². The summed E-state index contributed by atoms with van der Waals surface area (Å²) in [6, 6.07) is 3.47. The number of aromatic nitrogens is 1. The summed E-state index contributed by atoms with van der Waals surface area (Å²) in [5, 5.41) is 17.8. The van der Waals surface area contributed by atoms with Gasteiger partial charge in [-0.25, -0.2) is 4.98 Å². The van der Waals surface area contributed by atoms with Gasteiger partial charge in [0.05, 0.1) is 5.59 Å². The lowest BCUT2D eigenvalue weighted by atomic mass is 9.85. The molecule has 1 aromatic heterocycles. The molecule has 0 fully saturated rings. The minimum absolute atomic E-state index is 0.255. The monoisotopic (exact) mass is 216 g/mol. The van der Waals surface area contributed by atoms with Crippen LogP contribution in [0.5, 0.6) is 0 Å². The van der Waals surface area contributed by atoms with Crippen molar-refractivity contribution in [3.63, 3.8) is 0 Å². The van der Waals surface area contributed by atoms with Gasteiger partial charge in [-0.1, -0.05) is 0 Å². The Morgan fingerprint density at radius 3 is 2.46 bits per heavy atom. The van der Waals surface area contributed by atoms with E-state index in [1.807, 2.05) is 13.0 Å². The minimum Gasteiger partial charge on any atom is -0.422 e. The molecule has 1 heterocycles. The smallest absolute Gasteiger partial charge is 0.422 e. The van der Waals surface area contributed by atoms with Crippen molar-refractivity contribution in [2.75, 3.05) is 4.44 Å². The Labute approximate surface area is 82.0 Å². The number of nitrogens with zero attached hydrogens (tertiary/aromatic N) is 2. The number of hydrogen-bond acceptors (Lipinski definition) is 4. The van der Waals surface area contributed by atoms with Crippen LogP contribution >= 0.6 is 18.8 Å². The second-order valence-corrected chi connectivity index (χ2v) is 4.42. The Hall–Kier alpha value is -0.205. The summed E-state index contributed by atoms with van der Waals surface area (Å²) in [6.45, 7) is 1.87. The number of aryl methyl sites for hydroxylation is 1. The molecular weight excluding hydrogens is 205 g/mol.